The van der Waals surface area contributed by atoms with E-state index in [4.69, 9.17) is 5.73 Å². The van der Waals surface area contributed by atoms with Crippen molar-refractivity contribution >= 4 is 17.1 Å². The number of alkyl halides is 3. The van der Waals surface area contributed by atoms with E-state index in [1.54, 1.807) is 0 Å². The Morgan fingerprint density at radius 1 is 1.44 bits per heavy atom. The minimum absolute atomic E-state index is 0.0253. The van der Waals surface area contributed by atoms with Gasteiger partial charge in [-0.15, -0.1) is 11.3 Å². The van der Waals surface area contributed by atoms with Gasteiger partial charge in [0.25, 0.3) is 0 Å². The van der Waals surface area contributed by atoms with Crippen molar-refractivity contribution in [1.29, 1.82) is 0 Å². The number of carbonyl (C=O) groups excluding carboxylic acids is 1. The largest absolute Gasteiger partial charge is 0.443 e. The number of halogens is 3. The number of rotatable bonds is 2. The Labute approximate surface area is 106 Å². The molecule has 0 radical (unpaired) electrons. The summed E-state index contributed by atoms with van der Waals surface area (Å²) in [5.41, 5.74) is 5.77. The SMILES string of the molecule is NC1CCCC(C(=O)c2cnc(C(F)(F)F)s2)C1. The molecule has 0 bridgehead atoms. The molecule has 1 fully saturated rings. The standard InChI is InChI=1S/C11H13F3N2OS/c12-11(13,14)10-16-5-8(18-10)9(17)6-2-1-3-7(15)4-6/h5-7H,1-4,15H2. The van der Waals surface area contributed by atoms with E-state index < -0.39 is 11.2 Å². The van der Waals surface area contributed by atoms with Crippen molar-refractivity contribution in [2.24, 2.45) is 11.7 Å². The van der Waals surface area contributed by atoms with E-state index in [0.717, 1.165) is 19.0 Å². The van der Waals surface area contributed by atoms with Gasteiger partial charge in [-0.3, -0.25) is 4.79 Å². The maximum atomic E-state index is 12.4. The van der Waals surface area contributed by atoms with Crippen LogP contribution >= 0.6 is 11.3 Å². The topological polar surface area (TPSA) is 56.0 Å². The number of hydrogen-bond donors (Lipinski definition) is 1. The molecule has 3 nitrogen and oxygen atoms in total. The predicted octanol–water partition coefficient (Wildman–Crippen LogP) is 2.86. The van der Waals surface area contributed by atoms with Crippen molar-refractivity contribution in [3.63, 3.8) is 0 Å². The Balaban J connectivity index is 2.11. The van der Waals surface area contributed by atoms with Gasteiger partial charge in [-0.25, -0.2) is 4.98 Å². The quantitative estimate of drug-likeness (QED) is 0.846. The zero-order chi connectivity index (χ0) is 13.3. The van der Waals surface area contributed by atoms with Crippen LogP contribution in [0.1, 0.15) is 40.4 Å². The first-order chi connectivity index (χ1) is 8.38. The molecule has 100 valence electrons. The number of aromatic nitrogens is 1. The summed E-state index contributed by atoms with van der Waals surface area (Å²) in [6.07, 6.45) is -0.477. The molecule has 2 N–H and O–H groups in total. The van der Waals surface area contributed by atoms with Gasteiger partial charge in [0.1, 0.15) is 0 Å². The molecule has 1 heterocycles. The summed E-state index contributed by atoms with van der Waals surface area (Å²) in [5, 5.41) is -0.967. The van der Waals surface area contributed by atoms with Gasteiger partial charge in [0.05, 0.1) is 4.88 Å². The third-order valence-corrected chi connectivity index (χ3v) is 4.13. The van der Waals surface area contributed by atoms with Gasteiger partial charge in [-0.1, -0.05) is 6.42 Å². The van der Waals surface area contributed by atoms with E-state index in [-0.39, 0.29) is 22.6 Å². The van der Waals surface area contributed by atoms with Crippen molar-refractivity contribution in [3.8, 4) is 0 Å². The maximum absolute atomic E-state index is 12.4. The fraction of sp³-hybridized carbons (Fsp3) is 0.636. The van der Waals surface area contributed by atoms with Crippen molar-refractivity contribution < 1.29 is 18.0 Å². The third-order valence-electron chi connectivity index (χ3n) is 3.08. The second-order valence-electron chi connectivity index (χ2n) is 4.52. The number of nitrogens with zero attached hydrogens (tertiary/aromatic N) is 1. The molecule has 1 aromatic heterocycles. The van der Waals surface area contributed by atoms with Gasteiger partial charge < -0.3 is 5.73 Å². The highest BCUT2D eigenvalue weighted by Crippen LogP contribution is 2.34. The van der Waals surface area contributed by atoms with Crippen LogP contribution in [-0.4, -0.2) is 16.8 Å². The molecule has 0 amide bonds. The smallest absolute Gasteiger partial charge is 0.328 e. The molecular weight excluding hydrogens is 265 g/mol. The van der Waals surface area contributed by atoms with E-state index >= 15 is 0 Å². The molecule has 0 spiro atoms. The zero-order valence-electron chi connectivity index (χ0n) is 9.54. The third kappa shape index (κ3) is 2.89. The van der Waals surface area contributed by atoms with E-state index in [9.17, 15) is 18.0 Å². The van der Waals surface area contributed by atoms with E-state index in [1.165, 1.54) is 0 Å². The highest BCUT2D eigenvalue weighted by molar-refractivity contribution is 7.13. The Bertz CT molecular complexity index is 444. The Hall–Kier alpha value is -0.950. The lowest BCUT2D eigenvalue weighted by atomic mass is 9.83. The predicted molar refractivity (Wildman–Crippen MR) is 61.4 cm³/mol. The highest BCUT2D eigenvalue weighted by atomic mass is 32.1. The highest BCUT2D eigenvalue weighted by Gasteiger charge is 2.36. The number of thiazole rings is 1. The second kappa shape index (κ2) is 4.97. The average Bonchev–Trinajstić information content (AvgIpc) is 2.77. The monoisotopic (exact) mass is 278 g/mol. The number of ketones is 1. The first-order valence-electron chi connectivity index (χ1n) is 5.70. The lowest BCUT2D eigenvalue weighted by Crippen LogP contribution is -2.31. The van der Waals surface area contributed by atoms with Crippen molar-refractivity contribution in [2.75, 3.05) is 0 Å². The maximum Gasteiger partial charge on any atom is 0.443 e. The van der Waals surface area contributed by atoms with Crippen LogP contribution in [0.2, 0.25) is 0 Å². The first kappa shape index (κ1) is 13.5. The zero-order valence-corrected chi connectivity index (χ0v) is 10.4. The average molecular weight is 278 g/mol. The number of nitrogens with two attached hydrogens (primary N) is 1. The summed E-state index contributed by atoms with van der Waals surface area (Å²) < 4.78 is 37.2. The number of carbonyl (C=O) groups is 1. The Morgan fingerprint density at radius 3 is 2.72 bits per heavy atom. The number of Topliss-reactive ketones (excluding diaryl/α,β-unsaturated/α-hetero) is 1. The van der Waals surface area contributed by atoms with Crippen LogP contribution in [0, 0.1) is 5.92 Å². The molecule has 1 aliphatic carbocycles. The van der Waals surface area contributed by atoms with Crippen molar-refractivity contribution in [3.05, 3.63) is 16.1 Å². The van der Waals surface area contributed by atoms with Crippen molar-refractivity contribution in [2.45, 2.75) is 37.9 Å². The first-order valence-corrected chi connectivity index (χ1v) is 6.52. The van der Waals surface area contributed by atoms with Crippen molar-refractivity contribution in [1.82, 2.24) is 4.98 Å². The van der Waals surface area contributed by atoms with E-state index in [0.29, 0.717) is 24.2 Å². The second-order valence-corrected chi connectivity index (χ2v) is 5.55. The normalized spacial score (nSPS) is 25.1. The molecule has 1 aromatic rings. The summed E-state index contributed by atoms with van der Waals surface area (Å²) >= 11 is 0.416. The summed E-state index contributed by atoms with van der Waals surface area (Å²) in [5.74, 6) is -0.506. The summed E-state index contributed by atoms with van der Waals surface area (Å²) in [6.45, 7) is 0. The minimum atomic E-state index is -4.48. The van der Waals surface area contributed by atoms with Crippen LogP contribution in [0.15, 0.2) is 6.20 Å². The van der Waals surface area contributed by atoms with Gasteiger partial charge in [0, 0.05) is 18.2 Å². The summed E-state index contributed by atoms with van der Waals surface area (Å²) in [6, 6.07) is -0.0253. The molecule has 1 saturated carbocycles. The summed E-state index contributed by atoms with van der Waals surface area (Å²) in [7, 11) is 0. The molecule has 0 aromatic carbocycles. The molecule has 2 rings (SSSR count). The molecular formula is C11H13F3N2OS. The van der Waals surface area contributed by atoms with Gasteiger partial charge in [0.15, 0.2) is 10.8 Å². The van der Waals surface area contributed by atoms with Crippen LogP contribution in [-0.2, 0) is 6.18 Å². The van der Waals surface area contributed by atoms with Crippen LogP contribution in [0.25, 0.3) is 0 Å². The van der Waals surface area contributed by atoms with E-state index in [2.05, 4.69) is 4.98 Å². The van der Waals surface area contributed by atoms with Gasteiger partial charge >= 0.3 is 6.18 Å². The van der Waals surface area contributed by atoms with Crippen LogP contribution in [0.3, 0.4) is 0 Å². The Kier molecular flexibility index (Phi) is 3.72. The fourth-order valence-electron chi connectivity index (χ4n) is 2.19. The lowest BCUT2D eigenvalue weighted by molar-refractivity contribution is -0.137. The minimum Gasteiger partial charge on any atom is -0.328 e. The molecule has 0 aliphatic heterocycles. The van der Waals surface area contributed by atoms with Crippen LogP contribution in [0.4, 0.5) is 13.2 Å². The molecule has 2 atom stereocenters. The van der Waals surface area contributed by atoms with Gasteiger partial charge in [-0.2, -0.15) is 13.2 Å². The van der Waals surface area contributed by atoms with E-state index in [1.807, 2.05) is 0 Å². The number of hydrogen-bond acceptors (Lipinski definition) is 4. The summed E-state index contributed by atoms with van der Waals surface area (Å²) in [4.78, 5) is 15.4. The van der Waals surface area contributed by atoms with Crippen LogP contribution in [0.5, 0.6) is 0 Å². The molecule has 0 saturated heterocycles. The molecule has 18 heavy (non-hydrogen) atoms. The molecule has 1 aliphatic rings. The van der Waals surface area contributed by atoms with Gasteiger partial charge in [0.2, 0.25) is 0 Å². The van der Waals surface area contributed by atoms with Gasteiger partial charge in [-0.05, 0) is 19.3 Å². The fourth-order valence-corrected chi connectivity index (χ4v) is 2.99. The lowest BCUT2D eigenvalue weighted by Gasteiger charge is -2.24. The molecule has 7 heteroatoms. The van der Waals surface area contributed by atoms with Crippen LogP contribution < -0.4 is 5.73 Å². The molecule has 2 unspecified atom stereocenters. The Morgan fingerprint density at radius 2 is 2.17 bits per heavy atom.